The molecule has 0 aliphatic rings. The molecule has 0 saturated heterocycles. The zero-order chi connectivity index (χ0) is 15.5. The van der Waals surface area contributed by atoms with Gasteiger partial charge in [0.1, 0.15) is 0 Å². The minimum atomic E-state index is 0.418. The van der Waals surface area contributed by atoms with Crippen molar-refractivity contribution in [1.29, 1.82) is 0 Å². The molecule has 0 amide bonds. The first kappa shape index (κ1) is 17.3. The number of nitrogens with one attached hydrogen (secondary N) is 2. The Bertz CT molecular complexity index is 434. The average molecular weight is 292 g/mol. The van der Waals surface area contributed by atoms with E-state index < -0.39 is 0 Å². The lowest BCUT2D eigenvalue weighted by Gasteiger charge is -2.17. The highest BCUT2D eigenvalue weighted by Crippen LogP contribution is 2.06. The smallest absolute Gasteiger partial charge is 0.213 e. The predicted molar refractivity (Wildman–Crippen MR) is 87.7 cm³/mol. The number of methoxy groups -OCH3 is 1. The summed E-state index contributed by atoms with van der Waals surface area (Å²) in [5.41, 5.74) is 0.927. The molecule has 118 valence electrons. The molecule has 1 rings (SSSR count). The van der Waals surface area contributed by atoms with Crippen LogP contribution in [0.5, 0.6) is 5.88 Å². The third-order valence-corrected chi connectivity index (χ3v) is 3.27. The molecule has 0 aliphatic heterocycles. The Balaban J connectivity index is 2.40. The molecule has 0 bridgehead atoms. The Morgan fingerprint density at radius 1 is 1.38 bits per heavy atom. The summed E-state index contributed by atoms with van der Waals surface area (Å²) in [6.45, 7) is 5.03. The van der Waals surface area contributed by atoms with Crippen molar-refractivity contribution in [2.45, 2.75) is 52.1 Å². The molecule has 5 nitrogen and oxygen atoms in total. The van der Waals surface area contributed by atoms with Gasteiger partial charge in [-0.25, -0.2) is 4.98 Å². The first-order valence-electron chi connectivity index (χ1n) is 7.66. The van der Waals surface area contributed by atoms with E-state index in [4.69, 9.17) is 4.74 Å². The lowest BCUT2D eigenvalue weighted by Crippen LogP contribution is -2.41. The van der Waals surface area contributed by atoms with Crippen molar-refractivity contribution < 1.29 is 4.74 Å². The van der Waals surface area contributed by atoms with E-state index in [0.717, 1.165) is 18.1 Å². The van der Waals surface area contributed by atoms with Crippen LogP contribution in [-0.2, 0) is 6.54 Å². The second-order valence-electron chi connectivity index (χ2n) is 5.14. The molecule has 5 heteroatoms. The van der Waals surface area contributed by atoms with Gasteiger partial charge in [-0.2, -0.15) is 0 Å². The first-order chi connectivity index (χ1) is 10.2. The molecule has 1 atom stereocenters. The summed E-state index contributed by atoms with van der Waals surface area (Å²) >= 11 is 0. The fourth-order valence-corrected chi connectivity index (χ4v) is 2.04. The maximum atomic E-state index is 5.12. The van der Waals surface area contributed by atoms with Crippen LogP contribution >= 0.6 is 0 Å². The third-order valence-electron chi connectivity index (χ3n) is 3.27. The number of nitrogens with zero attached hydrogens (tertiary/aromatic N) is 2. The van der Waals surface area contributed by atoms with Gasteiger partial charge in [0.25, 0.3) is 0 Å². The van der Waals surface area contributed by atoms with E-state index in [9.17, 15) is 0 Å². The van der Waals surface area contributed by atoms with Gasteiger partial charge < -0.3 is 15.4 Å². The molecule has 1 aromatic rings. The van der Waals surface area contributed by atoms with E-state index in [-0.39, 0.29) is 0 Å². The standard InChI is InChI=1S/C16H28N4O/c1-5-6-7-9-13(2)19-16(17-3)18-12-14-10-8-11-15(20-14)21-4/h8,10-11,13H,5-7,9,12H2,1-4H3,(H2,17,18,19). The fourth-order valence-electron chi connectivity index (χ4n) is 2.04. The Kier molecular flexibility index (Phi) is 8.24. The lowest BCUT2D eigenvalue weighted by molar-refractivity contribution is 0.396. The molecular formula is C16H28N4O. The molecule has 1 unspecified atom stereocenters. The van der Waals surface area contributed by atoms with Crippen LogP contribution in [-0.4, -0.2) is 31.1 Å². The maximum absolute atomic E-state index is 5.12. The molecule has 0 fully saturated rings. The Morgan fingerprint density at radius 2 is 2.19 bits per heavy atom. The van der Waals surface area contributed by atoms with E-state index in [1.165, 1.54) is 19.3 Å². The molecule has 21 heavy (non-hydrogen) atoms. The van der Waals surface area contributed by atoms with Crippen LogP contribution in [0.15, 0.2) is 23.2 Å². The number of aliphatic imine (C=N–C) groups is 1. The van der Waals surface area contributed by atoms with Crippen molar-refractivity contribution in [2.75, 3.05) is 14.2 Å². The summed E-state index contributed by atoms with van der Waals surface area (Å²) in [4.78, 5) is 8.62. The largest absolute Gasteiger partial charge is 0.481 e. The van der Waals surface area contributed by atoms with Gasteiger partial charge >= 0.3 is 0 Å². The topological polar surface area (TPSA) is 58.5 Å². The van der Waals surface area contributed by atoms with Crippen molar-refractivity contribution >= 4 is 5.96 Å². The van der Waals surface area contributed by atoms with E-state index in [0.29, 0.717) is 18.5 Å². The van der Waals surface area contributed by atoms with E-state index in [1.807, 2.05) is 18.2 Å². The molecule has 1 heterocycles. The number of ether oxygens (including phenoxy) is 1. The zero-order valence-corrected chi connectivity index (χ0v) is 13.6. The number of rotatable bonds is 8. The quantitative estimate of drug-likeness (QED) is 0.439. The van der Waals surface area contributed by atoms with Gasteiger partial charge in [0.05, 0.1) is 19.3 Å². The molecule has 0 radical (unpaired) electrons. The molecule has 0 aliphatic carbocycles. The molecule has 0 spiro atoms. The van der Waals surface area contributed by atoms with E-state index in [2.05, 4.69) is 34.5 Å². The molecule has 2 N–H and O–H groups in total. The zero-order valence-electron chi connectivity index (χ0n) is 13.6. The summed E-state index contributed by atoms with van der Waals surface area (Å²) in [6, 6.07) is 6.16. The van der Waals surface area contributed by atoms with Crippen molar-refractivity contribution in [2.24, 2.45) is 4.99 Å². The number of guanidine groups is 1. The summed E-state index contributed by atoms with van der Waals surface area (Å²) in [5.74, 6) is 1.44. The van der Waals surface area contributed by atoms with Crippen LogP contribution in [0.1, 0.15) is 45.2 Å². The molecular weight excluding hydrogens is 264 g/mol. The van der Waals surface area contributed by atoms with Crippen molar-refractivity contribution in [3.8, 4) is 5.88 Å². The van der Waals surface area contributed by atoms with Crippen LogP contribution in [0.25, 0.3) is 0 Å². The third kappa shape index (κ3) is 6.97. The van der Waals surface area contributed by atoms with Gasteiger partial charge in [-0.1, -0.05) is 32.3 Å². The normalized spacial score (nSPS) is 12.9. The maximum Gasteiger partial charge on any atom is 0.213 e. The highest BCUT2D eigenvalue weighted by molar-refractivity contribution is 5.79. The number of unbranched alkanes of at least 4 members (excludes halogenated alkanes) is 2. The summed E-state index contributed by atoms with van der Waals surface area (Å²) in [6.07, 6.45) is 4.94. The Labute approximate surface area is 128 Å². The highest BCUT2D eigenvalue weighted by atomic mass is 16.5. The molecule has 0 aromatic carbocycles. The monoisotopic (exact) mass is 292 g/mol. The van der Waals surface area contributed by atoms with Gasteiger partial charge in [-0.3, -0.25) is 4.99 Å². The van der Waals surface area contributed by atoms with E-state index >= 15 is 0 Å². The van der Waals surface area contributed by atoms with Gasteiger partial charge in [-0.15, -0.1) is 0 Å². The SMILES string of the molecule is CCCCCC(C)NC(=NC)NCc1cccc(OC)n1. The number of aromatic nitrogens is 1. The summed E-state index contributed by atoms with van der Waals surface area (Å²) in [7, 11) is 3.41. The van der Waals surface area contributed by atoms with Crippen LogP contribution in [0, 0.1) is 0 Å². The number of hydrogen-bond donors (Lipinski definition) is 2. The van der Waals surface area contributed by atoms with Gasteiger partial charge in [-0.05, 0) is 19.4 Å². The minimum absolute atomic E-state index is 0.418. The van der Waals surface area contributed by atoms with Crippen LogP contribution in [0.4, 0.5) is 0 Å². The Morgan fingerprint density at radius 3 is 2.86 bits per heavy atom. The van der Waals surface area contributed by atoms with Crippen molar-refractivity contribution in [3.05, 3.63) is 23.9 Å². The molecule has 0 saturated carbocycles. The van der Waals surface area contributed by atoms with Crippen LogP contribution in [0.2, 0.25) is 0 Å². The summed E-state index contributed by atoms with van der Waals surface area (Å²) < 4.78 is 5.12. The highest BCUT2D eigenvalue weighted by Gasteiger charge is 2.05. The summed E-state index contributed by atoms with van der Waals surface area (Å²) in [5, 5.41) is 6.68. The second-order valence-corrected chi connectivity index (χ2v) is 5.14. The Hall–Kier alpha value is -1.78. The van der Waals surface area contributed by atoms with E-state index in [1.54, 1.807) is 14.2 Å². The number of hydrogen-bond acceptors (Lipinski definition) is 3. The van der Waals surface area contributed by atoms with Crippen LogP contribution in [0.3, 0.4) is 0 Å². The lowest BCUT2D eigenvalue weighted by atomic mass is 10.1. The average Bonchev–Trinajstić information content (AvgIpc) is 2.51. The first-order valence-corrected chi connectivity index (χ1v) is 7.66. The van der Waals surface area contributed by atoms with Crippen molar-refractivity contribution in [1.82, 2.24) is 15.6 Å². The second kappa shape index (κ2) is 10.0. The van der Waals surface area contributed by atoms with Gasteiger partial charge in [0.2, 0.25) is 5.88 Å². The predicted octanol–water partition coefficient (Wildman–Crippen LogP) is 2.72. The number of pyridine rings is 1. The van der Waals surface area contributed by atoms with Gasteiger partial charge in [0, 0.05) is 19.2 Å². The fraction of sp³-hybridized carbons (Fsp3) is 0.625. The van der Waals surface area contributed by atoms with Gasteiger partial charge in [0.15, 0.2) is 5.96 Å². The molecule has 1 aromatic heterocycles. The van der Waals surface area contributed by atoms with Crippen LogP contribution < -0.4 is 15.4 Å². The van der Waals surface area contributed by atoms with Crippen molar-refractivity contribution in [3.63, 3.8) is 0 Å². The minimum Gasteiger partial charge on any atom is -0.481 e.